The predicted octanol–water partition coefficient (Wildman–Crippen LogP) is 3.80. The second-order valence-corrected chi connectivity index (χ2v) is 8.14. The summed E-state index contributed by atoms with van der Waals surface area (Å²) >= 11 is 0. The third-order valence-electron chi connectivity index (χ3n) is 4.50. The van der Waals surface area contributed by atoms with E-state index in [1.165, 1.54) is 5.56 Å². The molecule has 0 saturated carbocycles. The van der Waals surface area contributed by atoms with E-state index < -0.39 is 5.69 Å². The van der Waals surface area contributed by atoms with Gasteiger partial charge in [-0.3, -0.25) is 5.43 Å². The summed E-state index contributed by atoms with van der Waals surface area (Å²) < 4.78 is 11.4. The summed E-state index contributed by atoms with van der Waals surface area (Å²) in [6.45, 7) is 8.40. The van der Waals surface area contributed by atoms with Crippen LogP contribution >= 0.6 is 0 Å². The van der Waals surface area contributed by atoms with Gasteiger partial charge in [0.1, 0.15) is 12.3 Å². The molecule has 3 aromatic rings. The molecular formula is C23H27N5O3. The van der Waals surface area contributed by atoms with E-state index in [0.29, 0.717) is 29.6 Å². The van der Waals surface area contributed by atoms with E-state index in [-0.39, 0.29) is 5.41 Å². The van der Waals surface area contributed by atoms with Gasteiger partial charge in [-0.05, 0) is 36.2 Å². The molecule has 162 valence electrons. The molecule has 0 atom stereocenters. The highest BCUT2D eigenvalue weighted by molar-refractivity contribution is 5.81. The Kier molecular flexibility index (Phi) is 6.69. The van der Waals surface area contributed by atoms with Gasteiger partial charge in [0.25, 0.3) is 0 Å². The number of aromatic nitrogens is 3. The van der Waals surface area contributed by atoms with Crippen molar-refractivity contribution >= 4 is 12.0 Å². The maximum atomic E-state index is 11.6. The molecule has 1 aromatic heterocycles. The van der Waals surface area contributed by atoms with Crippen molar-refractivity contribution in [2.75, 3.05) is 12.5 Å². The summed E-state index contributed by atoms with van der Waals surface area (Å²) in [6, 6.07) is 13.7. The van der Waals surface area contributed by atoms with E-state index in [2.05, 4.69) is 25.7 Å². The number of hydrogen-bond donors (Lipinski definition) is 2. The molecule has 0 aliphatic rings. The SMILES string of the molecule is COc1ccc(/C=N/Nc2nc(=O)[nH]nc2C(C)(C)C)cc1OCc1ccc(C)cc1. The summed E-state index contributed by atoms with van der Waals surface area (Å²) in [5.41, 5.74) is 5.64. The van der Waals surface area contributed by atoms with Crippen molar-refractivity contribution in [1.82, 2.24) is 15.2 Å². The number of aromatic amines is 1. The van der Waals surface area contributed by atoms with Crippen LogP contribution in [0.5, 0.6) is 11.5 Å². The normalized spacial score (nSPS) is 11.5. The van der Waals surface area contributed by atoms with Crippen LogP contribution in [0.3, 0.4) is 0 Å². The van der Waals surface area contributed by atoms with Crippen LogP contribution in [0, 0.1) is 6.92 Å². The molecule has 0 amide bonds. The van der Waals surface area contributed by atoms with E-state index in [0.717, 1.165) is 11.1 Å². The Morgan fingerprint density at radius 1 is 1.13 bits per heavy atom. The average molecular weight is 422 g/mol. The molecule has 2 N–H and O–H groups in total. The van der Waals surface area contributed by atoms with E-state index in [4.69, 9.17) is 9.47 Å². The van der Waals surface area contributed by atoms with Gasteiger partial charge in [0.05, 0.1) is 13.3 Å². The zero-order valence-electron chi connectivity index (χ0n) is 18.4. The van der Waals surface area contributed by atoms with Crippen molar-refractivity contribution in [2.45, 2.75) is 39.7 Å². The van der Waals surface area contributed by atoms with Gasteiger partial charge < -0.3 is 9.47 Å². The van der Waals surface area contributed by atoms with Crippen LogP contribution in [0.2, 0.25) is 0 Å². The van der Waals surface area contributed by atoms with Gasteiger partial charge in [-0.15, -0.1) is 0 Å². The minimum absolute atomic E-state index is 0.313. The average Bonchev–Trinajstić information content (AvgIpc) is 2.72. The molecule has 2 aromatic carbocycles. The molecule has 0 aliphatic heterocycles. The van der Waals surface area contributed by atoms with Crippen LogP contribution in [-0.4, -0.2) is 28.5 Å². The molecule has 0 saturated heterocycles. The van der Waals surface area contributed by atoms with Crippen LogP contribution in [-0.2, 0) is 12.0 Å². The van der Waals surface area contributed by atoms with Crippen molar-refractivity contribution in [3.63, 3.8) is 0 Å². The van der Waals surface area contributed by atoms with E-state index in [1.807, 2.05) is 70.2 Å². The summed E-state index contributed by atoms with van der Waals surface area (Å²) in [7, 11) is 1.60. The number of hydrazone groups is 1. The Morgan fingerprint density at radius 3 is 2.55 bits per heavy atom. The van der Waals surface area contributed by atoms with Gasteiger partial charge in [-0.1, -0.05) is 50.6 Å². The second kappa shape index (κ2) is 9.42. The minimum Gasteiger partial charge on any atom is -0.493 e. The Hall–Kier alpha value is -3.68. The van der Waals surface area contributed by atoms with E-state index in [1.54, 1.807) is 13.3 Å². The Bertz CT molecular complexity index is 1120. The molecule has 0 unspecified atom stereocenters. The summed E-state index contributed by atoms with van der Waals surface area (Å²) in [6.07, 6.45) is 1.62. The lowest BCUT2D eigenvalue weighted by Gasteiger charge is -2.18. The highest BCUT2D eigenvalue weighted by Crippen LogP contribution is 2.29. The summed E-state index contributed by atoms with van der Waals surface area (Å²) in [4.78, 5) is 15.5. The first-order valence-corrected chi connectivity index (χ1v) is 9.89. The molecule has 0 spiro atoms. The number of nitrogens with zero attached hydrogens (tertiary/aromatic N) is 3. The van der Waals surface area contributed by atoms with Gasteiger partial charge >= 0.3 is 5.69 Å². The molecule has 0 bridgehead atoms. The van der Waals surface area contributed by atoms with Gasteiger partial charge in [0.2, 0.25) is 0 Å². The lowest BCUT2D eigenvalue weighted by Crippen LogP contribution is -2.24. The first-order chi connectivity index (χ1) is 14.8. The number of aryl methyl sites for hydroxylation is 1. The monoisotopic (exact) mass is 421 g/mol. The van der Waals surface area contributed by atoms with E-state index >= 15 is 0 Å². The number of benzene rings is 2. The number of anilines is 1. The Morgan fingerprint density at radius 2 is 1.87 bits per heavy atom. The minimum atomic E-state index is -0.540. The highest BCUT2D eigenvalue weighted by atomic mass is 16.5. The third-order valence-corrected chi connectivity index (χ3v) is 4.50. The smallest absolute Gasteiger partial charge is 0.363 e. The van der Waals surface area contributed by atoms with Crippen molar-refractivity contribution < 1.29 is 9.47 Å². The molecule has 8 nitrogen and oxygen atoms in total. The Balaban J connectivity index is 1.76. The first-order valence-electron chi connectivity index (χ1n) is 9.89. The fraction of sp³-hybridized carbons (Fsp3) is 0.304. The van der Waals surface area contributed by atoms with Crippen LogP contribution in [0.25, 0.3) is 0 Å². The number of methoxy groups -OCH3 is 1. The van der Waals surface area contributed by atoms with Crippen LogP contribution < -0.4 is 20.6 Å². The Labute approximate surface area is 181 Å². The quantitative estimate of drug-likeness (QED) is 0.444. The first kappa shape index (κ1) is 22.0. The molecule has 0 radical (unpaired) electrons. The zero-order chi connectivity index (χ0) is 22.4. The molecular weight excluding hydrogens is 394 g/mol. The van der Waals surface area contributed by atoms with Crippen molar-refractivity contribution in [3.8, 4) is 11.5 Å². The fourth-order valence-corrected chi connectivity index (χ4v) is 2.84. The summed E-state index contributed by atoms with van der Waals surface area (Å²) in [5.74, 6) is 1.56. The lowest BCUT2D eigenvalue weighted by molar-refractivity contribution is 0.284. The van der Waals surface area contributed by atoms with Gasteiger partial charge in [-0.2, -0.15) is 15.2 Å². The lowest BCUT2D eigenvalue weighted by atomic mass is 9.92. The van der Waals surface area contributed by atoms with Gasteiger partial charge in [0.15, 0.2) is 17.3 Å². The van der Waals surface area contributed by atoms with Gasteiger partial charge in [-0.25, -0.2) is 9.89 Å². The molecule has 0 aliphatic carbocycles. The molecule has 8 heteroatoms. The number of hydrogen-bond acceptors (Lipinski definition) is 7. The topological polar surface area (TPSA) is 101 Å². The molecule has 31 heavy (non-hydrogen) atoms. The maximum Gasteiger partial charge on any atom is 0.363 e. The molecule has 0 fully saturated rings. The van der Waals surface area contributed by atoms with Crippen molar-refractivity contribution in [1.29, 1.82) is 0 Å². The zero-order valence-corrected chi connectivity index (χ0v) is 18.4. The van der Waals surface area contributed by atoms with Crippen molar-refractivity contribution in [3.05, 3.63) is 75.3 Å². The van der Waals surface area contributed by atoms with Gasteiger partial charge in [0, 0.05) is 5.41 Å². The predicted molar refractivity (Wildman–Crippen MR) is 121 cm³/mol. The molecule has 3 rings (SSSR count). The number of rotatable bonds is 7. The fourth-order valence-electron chi connectivity index (χ4n) is 2.84. The highest BCUT2D eigenvalue weighted by Gasteiger charge is 2.21. The number of ether oxygens (including phenoxy) is 2. The van der Waals surface area contributed by atoms with Crippen LogP contribution in [0.1, 0.15) is 43.2 Å². The molecule has 1 heterocycles. The maximum absolute atomic E-state index is 11.6. The number of nitrogens with one attached hydrogen (secondary N) is 2. The summed E-state index contributed by atoms with van der Waals surface area (Å²) in [5, 5.41) is 10.7. The van der Waals surface area contributed by atoms with E-state index in [9.17, 15) is 4.79 Å². The number of H-pyrrole nitrogens is 1. The van der Waals surface area contributed by atoms with Crippen LogP contribution in [0.15, 0.2) is 52.4 Å². The standard InChI is InChI=1S/C23H27N5O3/c1-15-6-8-16(9-7-15)14-31-19-12-17(10-11-18(19)30-5)13-24-27-21-20(23(2,3)4)26-28-22(29)25-21/h6-13H,14H2,1-5H3,(H2,25,27,28,29)/b24-13+. The van der Waals surface area contributed by atoms with Crippen LogP contribution in [0.4, 0.5) is 5.82 Å². The second-order valence-electron chi connectivity index (χ2n) is 8.14. The largest absolute Gasteiger partial charge is 0.493 e. The van der Waals surface area contributed by atoms with Crippen molar-refractivity contribution in [2.24, 2.45) is 5.10 Å². The third kappa shape index (κ3) is 5.91.